The van der Waals surface area contributed by atoms with E-state index in [2.05, 4.69) is 0 Å². The summed E-state index contributed by atoms with van der Waals surface area (Å²) in [6.07, 6.45) is 3.98. The van der Waals surface area contributed by atoms with Crippen molar-refractivity contribution in [3.05, 3.63) is 40.2 Å². The first kappa shape index (κ1) is 17.4. The van der Waals surface area contributed by atoms with Crippen LogP contribution in [-0.4, -0.2) is 28.0 Å². The first-order valence-corrected chi connectivity index (χ1v) is 10.6. The van der Waals surface area contributed by atoms with Gasteiger partial charge in [-0.25, -0.2) is 4.98 Å². The lowest BCUT2D eigenvalue weighted by molar-refractivity contribution is -0.158. The van der Waals surface area contributed by atoms with E-state index in [0.717, 1.165) is 15.3 Å². The van der Waals surface area contributed by atoms with Crippen molar-refractivity contribution >= 4 is 51.4 Å². The molecule has 0 saturated carbocycles. The number of carbonyl (C=O) groups excluding carboxylic acids is 1. The normalized spacial score (nSPS) is 15.9. The molecular formula is C19H18N2O3S2. The fourth-order valence-electron chi connectivity index (χ4n) is 3.43. The molecule has 0 amide bonds. The number of hydrogen-bond donors (Lipinski definition) is 0. The van der Waals surface area contributed by atoms with Gasteiger partial charge in [-0.15, -0.1) is 23.5 Å². The number of ether oxygens (including phenoxy) is 1. The maximum Gasteiger partial charge on any atom is 0.326 e. The highest BCUT2D eigenvalue weighted by Gasteiger charge is 2.31. The van der Waals surface area contributed by atoms with E-state index in [9.17, 15) is 9.59 Å². The van der Waals surface area contributed by atoms with Gasteiger partial charge in [-0.05, 0) is 50.6 Å². The van der Waals surface area contributed by atoms with Crippen LogP contribution in [0.1, 0.15) is 19.5 Å². The van der Waals surface area contributed by atoms with Gasteiger partial charge < -0.3 is 9.30 Å². The van der Waals surface area contributed by atoms with E-state index in [-0.39, 0.29) is 17.9 Å². The Bertz CT molecular complexity index is 1140. The maximum absolute atomic E-state index is 13.1. The van der Waals surface area contributed by atoms with E-state index in [0.29, 0.717) is 22.1 Å². The zero-order valence-corrected chi connectivity index (χ0v) is 16.6. The summed E-state index contributed by atoms with van der Waals surface area (Å²) in [4.78, 5) is 32.4. The summed E-state index contributed by atoms with van der Waals surface area (Å²) in [5, 5.41) is 1.12. The number of nitrogens with zero attached hydrogens (tertiary/aromatic N) is 2. The van der Waals surface area contributed by atoms with Crippen molar-refractivity contribution in [2.24, 2.45) is 0 Å². The summed E-state index contributed by atoms with van der Waals surface area (Å²) in [7, 11) is 0. The van der Waals surface area contributed by atoms with E-state index in [1.165, 1.54) is 0 Å². The van der Waals surface area contributed by atoms with Crippen molar-refractivity contribution in [3.63, 3.8) is 0 Å². The zero-order chi connectivity index (χ0) is 18.6. The fourth-order valence-corrected chi connectivity index (χ4v) is 5.10. The number of cyclic esters (lactones) is 1. The van der Waals surface area contributed by atoms with Crippen LogP contribution >= 0.6 is 23.5 Å². The molecule has 2 bridgehead atoms. The van der Waals surface area contributed by atoms with Crippen LogP contribution in [0, 0.1) is 0 Å². The number of esters is 1. The Morgan fingerprint density at radius 2 is 1.81 bits per heavy atom. The molecule has 4 rings (SSSR count). The van der Waals surface area contributed by atoms with Gasteiger partial charge in [0, 0.05) is 15.2 Å². The Hall–Kier alpha value is -1.99. The lowest BCUT2D eigenvalue weighted by atomic mass is 10.0. The standard InChI is InChI=1S/C19H18N2O3S2/c1-19(2)13-8-6-11-16(23)10-5-7-12(25-3)17(26-4)15(10)21(18(11)20-13)9-14(22)24-19/h5-8H,9H2,1-4H3. The molecule has 5 nitrogen and oxygen atoms in total. The third-order valence-corrected chi connectivity index (χ3v) is 6.41. The molecule has 3 aromatic rings. The minimum absolute atomic E-state index is 0.0263. The minimum Gasteiger partial charge on any atom is -0.452 e. The monoisotopic (exact) mass is 386 g/mol. The first-order valence-electron chi connectivity index (χ1n) is 8.18. The molecule has 0 unspecified atom stereocenters. The molecule has 0 fully saturated rings. The molecular weight excluding hydrogens is 368 g/mol. The molecule has 26 heavy (non-hydrogen) atoms. The molecule has 0 spiro atoms. The van der Waals surface area contributed by atoms with Crippen LogP contribution in [-0.2, 0) is 21.7 Å². The summed E-state index contributed by atoms with van der Waals surface area (Å²) >= 11 is 3.19. The summed E-state index contributed by atoms with van der Waals surface area (Å²) in [6.45, 7) is 3.65. The zero-order valence-electron chi connectivity index (χ0n) is 15.0. The second-order valence-corrected chi connectivity index (χ2v) is 8.33. The summed E-state index contributed by atoms with van der Waals surface area (Å²) in [5.41, 5.74) is 1.05. The molecule has 1 aliphatic heterocycles. The van der Waals surface area contributed by atoms with E-state index >= 15 is 0 Å². The highest BCUT2D eigenvalue weighted by Crippen LogP contribution is 2.36. The number of aromatic nitrogens is 2. The molecule has 0 radical (unpaired) electrons. The average Bonchev–Trinajstić information content (AvgIpc) is 2.62. The van der Waals surface area contributed by atoms with Crippen LogP contribution in [0.25, 0.3) is 21.9 Å². The lowest BCUT2D eigenvalue weighted by Gasteiger charge is -2.28. The van der Waals surface area contributed by atoms with Gasteiger partial charge in [-0.3, -0.25) is 9.59 Å². The average molecular weight is 386 g/mol. The number of fused-ring (bicyclic) bond motifs is 3. The van der Waals surface area contributed by atoms with Crippen LogP contribution in [0.4, 0.5) is 0 Å². The number of rotatable bonds is 2. The lowest BCUT2D eigenvalue weighted by Crippen LogP contribution is -2.32. The van der Waals surface area contributed by atoms with Crippen molar-refractivity contribution in [1.82, 2.24) is 9.55 Å². The molecule has 0 N–H and O–H groups in total. The van der Waals surface area contributed by atoms with Crippen molar-refractivity contribution in [2.45, 2.75) is 35.8 Å². The molecule has 134 valence electrons. The van der Waals surface area contributed by atoms with Gasteiger partial charge in [-0.1, -0.05) is 0 Å². The Kier molecular flexibility index (Phi) is 4.04. The largest absolute Gasteiger partial charge is 0.452 e. The van der Waals surface area contributed by atoms with Crippen LogP contribution in [0.3, 0.4) is 0 Å². The van der Waals surface area contributed by atoms with Crippen molar-refractivity contribution in [3.8, 4) is 0 Å². The van der Waals surface area contributed by atoms with Gasteiger partial charge in [0.1, 0.15) is 17.8 Å². The molecule has 1 aliphatic rings. The van der Waals surface area contributed by atoms with E-state index in [4.69, 9.17) is 9.72 Å². The van der Waals surface area contributed by atoms with Crippen LogP contribution in [0.5, 0.6) is 0 Å². The second-order valence-electron chi connectivity index (χ2n) is 6.66. The van der Waals surface area contributed by atoms with Crippen LogP contribution in [0.15, 0.2) is 38.9 Å². The van der Waals surface area contributed by atoms with Crippen molar-refractivity contribution in [2.75, 3.05) is 12.5 Å². The second kappa shape index (κ2) is 6.03. The fraction of sp³-hybridized carbons (Fsp3) is 0.316. The number of thioether (sulfide) groups is 2. The molecule has 1 aromatic carbocycles. The molecule has 2 aromatic heterocycles. The third kappa shape index (κ3) is 2.45. The smallest absolute Gasteiger partial charge is 0.326 e. The summed E-state index contributed by atoms with van der Waals surface area (Å²) in [5.74, 6) is -0.337. The van der Waals surface area contributed by atoms with Gasteiger partial charge in [-0.2, -0.15) is 0 Å². The number of pyridine rings is 2. The van der Waals surface area contributed by atoms with Crippen LogP contribution < -0.4 is 5.43 Å². The number of carbonyl (C=O) groups is 1. The molecule has 0 atom stereocenters. The summed E-state index contributed by atoms with van der Waals surface area (Å²) in [6, 6.07) is 7.36. The number of hydrogen-bond acceptors (Lipinski definition) is 6. The number of benzene rings is 1. The quantitative estimate of drug-likeness (QED) is 0.379. The summed E-state index contributed by atoms with van der Waals surface area (Å²) < 4.78 is 7.48. The predicted molar refractivity (Wildman–Crippen MR) is 106 cm³/mol. The Labute approximate surface area is 159 Å². The maximum atomic E-state index is 13.1. The van der Waals surface area contributed by atoms with E-state index in [1.807, 2.05) is 43.1 Å². The van der Waals surface area contributed by atoms with Gasteiger partial charge in [0.25, 0.3) is 0 Å². The molecule has 0 saturated heterocycles. The Balaban J connectivity index is 2.27. The van der Waals surface area contributed by atoms with Crippen LogP contribution in [0.2, 0.25) is 0 Å². The Morgan fingerprint density at radius 3 is 2.50 bits per heavy atom. The highest BCUT2D eigenvalue weighted by molar-refractivity contribution is 8.01. The van der Waals surface area contributed by atoms with Gasteiger partial charge in [0.15, 0.2) is 5.43 Å². The van der Waals surface area contributed by atoms with E-state index < -0.39 is 5.60 Å². The van der Waals surface area contributed by atoms with Gasteiger partial charge in [0.05, 0.1) is 16.6 Å². The highest BCUT2D eigenvalue weighted by atomic mass is 32.2. The first-order chi connectivity index (χ1) is 12.4. The minimum atomic E-state index is -0.828. The third-order valence-electron chi connectivity index (χ3n) is 4.68. The SMILES string of the molecule is CSc1ccc2c(=O)c3ccc4nc3n(c2c1SC)CC(=O)OC4(C)C. The van der Waals surface area contributed by atoms with E-state index in [1.54, 1.807) is 35.7 Å². The van der Waals surface area contributed by atoms with Gasteiger partial charge >= 0.3 is 5.97 Å². The molecule has 7 heteroatoms. The topological polar surface area (TPSA) is 61.2 Å². The predicted octanol–water partition coefficient (Wildman–Crippen LogP) is 3.79. The van der Waals surface area contributed by atoms with Crippen molar-refractivity contribution in [1.29, 1.82) is 0 Å². The molecule has 3 heterocycles. The Morgan fingerprint density at radius 1 is 1.08 bits per heavy atom. The molecule has 0 aliphatic carbocycles. The van der Waals surface area contributed by atoms with Crippen molar-refractivity contribution < 1.29 is 9.53 Å². The van der Waals surface area contributed by atoms with Gasteiger partial charge in [0.2, 0.25) is 0 Å².